The first-order chi connectivity index (χ1) is 7.39. The Labute approximate surface area is 97.7 Å². The van der Waals surface area contributed by atoms with E-state index in [1.807, 2.05) is 19.0 Å². The Hall–Kier alpha value is -0.170. The van der Waals surface area contributed by atoms with Gasteiger partial charge in [-0.3, -0.25) is 0 Å². The zero-order chi connectivity index (χ0) is 12.2. The third-order valence-electron chi connectivity index (χ3n) is 2.97. The first kappa shape index (κ1) is 13.9. The van der Waals surface area contributed by atoms with Crippen molar-refractivity contribution >= 4 is 9.84 Å². The molecule has 0 bridgehead atoms. The molecule has 0 aliphatic carbocycles. The standard InChI is InChI=1S/C10H22N2O3S/c1-12(2)6-5-11-10(8-13)4-3-7-16(14,15)9-10/h11,13H,3-9H2,1-2H3. The van der Waals surface area contributed by atoms with Crippen molar-refractivity contribution in [2.45, 2.75) is 18.4 Å². The summed E-state index contributed by atoms with van der Waals surface area (Å²) in [6.07, 6.45) is 1.37. The summed E-state index contributed by atoms with van der Waals surface area (Å²) in [5.41, 5.74) is -0.618. The minimum absolute atomic E-state index is 0.0595. The van der Waals surface area contributed by atoms with Crippen molar-refractivity contribution < 1.29 is 13.5 Å². The number of hydrogen-bond acceptors (Lipinski definition) is 5. The van der Waals surface area contributed by atoms with Gasteiger partial charge in [0.05, 0.1) is 23.7 Å². The zero-order valence-electron chi connectivity index (χ0n) is 10.1. The van der Waals surface area contributed by atoms with Crippen LogP contribution in [0.25, 0.3) is 0 Å². The van der Waals surface area contributed by atoms with E-state index in [2.05, 4.69) is 5.32 Å². The van der Waals surface area contributed by atoms with Crippen LogP contribution in [0.3, 0.4) is 0 Å². The number of sulfone groups is 1. The number of rotatable bonds is 5. The number of aliphatic hydroxyl groups excluding tert-OH is 1. The van der Waals surface area contributed by atoms with E-state index < -0.39 is 15.4 Å². The lowest BCUT2D eigenvalue weighted by Gasteiger charge is -2.36. The van der Waals surface area contributed by atoms with E-state index in [1.165, 1.54) is 0 Å². The Morgan fingerprint density at radius 1 is 1.44 bits per heavy atom. The molecule has 0 saturated carbocycles. The first-order valence-electron chi connectivity index (χ1n) is 5.60. The number of nitrogens with one attached hydrogen (secondary N) is 1. The normalized spacial score (nSPS) is 29.5. The average molecular weight is 250 g/mol. The summed E-state index contributed by atoms with van der Waals surface area (Å²) in [6.45, 7) is 1.42. The molecule has 1 unspecified atom stereocenters. The summed E-state index contributed by atoms with van der Waals surface area (Å²) in [4.78, 5) is 2.02. The van der Waals surface area contributed by atoms with Gasteiger partial charge in [-0.15, -0.1) is 0 Å². The monoisotopic (exact) mass is 250 g/mol. The third kappa shape index (κ3) is 4.01. The molecule has 1 aliphatic rings. The van der Waals surface area contributed by atoms with Gasteiger partial charge in [0.15, 0.2) is 9.84 Å². The Balaban J connectivity index is 2.56. The highest BCUT2D eigenvalue weighted by Gasteiger charge is 2.37. The molecule has 0 aromatic carbocycles. The first-order valence-corrected chi connectivity index (χ1v) is 7.42. The molecule has 0 aromatic heterocycles. The molecular formula is C10H22N2O3S. The largest absolute Gasteiger partial charge is 0.394 e. The minimum atomic E-state index is -2.99. The van der Waals surface area contributed by atoms with Gasteiger partial charge in [0.1, 0.15) is 0 Å². The Kier molecular flexibility index (Phi) is 4.73. The fourth-order valence-corrected chi connectivity index (χ4v) is 3.97. The molecule has 1 aliphatic heterocycles. The number of nitrogens with zero attached hydrogens (tertiary/aromatic N) is 1. The topological polar surface area (TPSA) is 69.6 Å². The zero-order valence-corrected chi connectivity index (χ0v) is 10.9. The molecule has 5 nitrogen and oxygen atoms in total. The second kappa shape index (κ2) is 5.44. The van der Waals surface area contributed by atoms with Crippen molar-refractivity contribution in [2.75, 3.05) is 45.3 Å². The quantitative estimate of drug-likeness (QED) is 0.660. The van der Waals surface area contributed by atoms with Crippen LogP contribution in [0.1, 0.15) is 12.8 Å². The van der Waals surface area contributed by atoms with Gasteiger partial charge in [0.25, 0.3) is 0 Å². The van der Waals surface area contributed by atoms with Crippen molar-refractivity contribution in [3.8, 4) is 0 Å². The summed E-state index contributed by atoms with van der Waals surface area (Å²) in [7, 11) is 0.937. The summed E-state index contributed by atoms with van der Waals surface area (Å²) < 4.78 is 23.1. The van der Waals surface area contributed by atoms with Crippen LogP contribution in [0.5, 0.6) is 0 Å². The van der Waals surface area contributed by atoms with Crippen LogP contribution in [-0.4, -0.2) is 69.3 Å². The SMILES string of the molecule is CN(C)CCNC1(CO)CCCS(=O)(=O)C1. The van der Waals surface area contributed by atoms with Crippen LogP contribution in [0, 0.1) is 0 Å². The lowest BCUT2D eigenvalue weighted by molar-refractivity contribution is 0.160. The van der Waals surface area contributed by atoms with E-state index >= 15 is 0 Å². The number of likely N-dealkylation sites (N-methyl/N-ethyl adjacent to an activating group) is 1. The van der Waals surface area contributed by atoms with Gasteiger partial charge in [-0.2, -0.15) is 0 Å². The van der Waals surface area contributed by atoms with Crippen molar-refractivity contribution in [1.82, 2.24) is 10.2 Å². The molecule has 0 amide bonds. The molecule has 0 radical (unpaired) electrons. The Bertz CT molecular complexity index is 316. The second-order valence-electron chi connectivity index (χ2n) is 4.86. The van der Waals surface area contributed by atoms with E-state index in [0.29, 0.717) is 13.0 Å². The molecule has 2 N–H and O–H groups in total. The van der Waals surface area contributed by atoms with Gasteiger partial charge in [0.2, 0.25) is 0 Å². The fourth-order valence-electron chi connectivity index (χ4n) is 2.06. The third-order valence-corrected chi connectivity index (χ3v) is 4.87. The molecule has 1 rings (SSSR count). The smallest absolute Gasteiger partial charge is 0.152 e. The van der Waals surface area contributed by atoms with Crippen molar-refractivity contribution in [3.63, 3.8) is 0 Å². The molecule has 1 heterocycles. The van der Waals surface area contributed by atoms with Gasteiger partial charge < -0.3 is 15.3 Å². The van der Waals surface area contributed by atoms with Crippen molar-refractivity contribution in [3.05, 3.63) is 0 Å². The highest BCUT2D eigenvalue weighted by molar-refractivity contribution is 7.91. The van der Waals surface area contributed by atoms with E-state index in [4.69, 9.17) is 0 Å². The number of hydrogen-bond donors (Lipinski definition) is 2. The number of aliphatic hydroxyl groups is 1. The van der Waals surface area contributed by atoms with Crippen molar-refractivity contribution in [1.29, 1.82) is 0 Å². The second-order valence-corrected chi connectivity index (χ2v) is 7.05. The van der Waals surface area contributed by atoms with E-state index in [0.717, 1.165) is 13.0 Å². The van der Waals surface area contributed by atoms with Crippen LogP contribution < -0.4 is 5.32 Å². The van der Waals surface area contributed by atoms with Gasteiger partial charge in [-0.1, -0.05) is 0 Å². The molecule has 96 valence electrons. The van der Waals surface area contributed by atoms with Crippen LogP contribution in [-0.2, 0) is 9.84 Å². The lowest BCUT2D eigenvalue weighted by Crippen LogP contribution is -2.57. The van der Waals surface area contributed by atoms with Crippen LogP contribution in [0.2, 0.25) is 0 Å². The predicted octanol–water partition coefficient (Wildman–Crippen LogP) is -0.923. The van der Waals surface area contributed by atoms with Gasteiger partial charge in [-0.05, 0) is 26.9 Å². The summed E-state index contributed by atoms with van der Waals surface area (Å²) in [5.74, 6) is 0.314. The van der Waals surface area contributed by atoms with E-state index in [9.17, 15) is 13.5 Å². The van der Waals surface area contributed by atoms with Gasteiger partial charge in [0, 0.05) is 13.1 Å². The summed E-state index contributed by atoms with van der Waals surface area (Å²) >= 11 is 0. The van der Waals surface area contributed by atoms with Gasteiger partial charge in [-0.25, -0.2) is 8.42 Å². The van der Waals surface area contributed by atoms with Gasteiger partial charge >= 0.3 is 0 Å². The molecule has 1 atom stereocenters. The predicted molar refractivity (Wildman–Crippen MR) is 64.3 cm³/mol. The van der Waals surface area contributed by atoms with Crippen LogP contribution >= 0.6 is 0 Å². The molecule has 1 fully saturated rings. The average Bonchev–Trinajstić information content (AvgIpc) is 2.15. The summed E-state index contributed by atoms with van der Waals surface area (Å²) in [6, 6.07) is 0. The maximum absolute atomic E-state index is 11.6. The fraction of sp³-hybridized carbons (Fsp3) is 1.00. The molecule has 0 spiro atoms. The minimum Gasteiger partial charge on any atom is -0.394 e. The summed E-state index contributed by atoms with van der Waals surface area (Å²) in [5, 5.41) is 12.6. The lowest BCUT2D eigenvalue weighted by atomic mass is 9.96. The Morgan fingerprint density at radius 3 is 2.62 bits per heavy atom. The molecular weight excluding hydrogens is 228 g/mol. The molecule has 0 aromatic rings. The highest BCUT2D eigenvalue weighted by Crippen LogP contribution is 2.22. The van der Waals surface area contributed by atoms with Crippen LogP contribution in [0.15, 0.2) is 0 Å². The van der Waals surface area contributed by atoms with Crippen molar-refractivity contribution in [2.24, 2.45) is 0 Å². The van der Waals surface area contributed by atoms with Crippen LogP contribution in [0.4, 0.5) is 0 Å². The highest BCUT2D eigenvalue weighted by atomic mass is 32.2. The van der Waals surface area contributed by atoms with E-state index in [1.54, 1.807) is 0 Å². The Morgan fingerprint density at radius 2 is 2.12 bits per heavy atom. The molecule has 1 saturated heterocycles. The maximum Gasteiger partial charge on any atom is 0.152 e. The maximum atomic E-state index is 11.6. The molecule has 16 heavy (non-hydrogen) atoms. The van der Waals surface area contributed by atoms with E-state index in [-0.39, 0.29) is 18.1 Å². The molecule has 6 heteroatoms.